The van der Waals surface area contributed by atoms with Crippen molar-refractivity contribution in [1.29, 1.82) is 0 Å². The monoisotopic (exact) mass is 324 g/mol. The molecule has 2 fully saturated rings. The third kappa shape index (κ3) is 3.51. The molecule has 22 heavy (non-hydrogen) atoms. The predicted molar refractivity (Wildman–Crippen MR) is 95.4 cm³/mol. The van der Waals surface area contributed by atoms with E-state index in [1.165, 1.54) is 24.6 Å². The Morgan fingerprint density at radius 3 is 2.36 bits per heavy atom. The first-order valence-electron chi connectivity index (χ1n) is 9.64. The van der Waals surface area contributed by atoms with Crippen molar-refractivity contribution in [1.82, 2.24) is 0 Å². The highest BCUT2D eigenvalue weighted by molar-refractivity contribution is 6.73. The number of hydrogen-bond acceptors (Lipinski definition) is 2. The van der Waals surface area contributed by atoms with Crippen molar-refractivity contribution >= 4 is 14.1 Å². The van der Waals surface area contributed by atoms with Gasteiger partial charge in [0.1, 0.15) is 5.78 Å². The first kappa shape index (κ1) is 18.2. The van der Waals surface area contributed by atoms with Crippen molar-refractivity contribution in [2.24, 2.45) is 29.6 Å². The summed E-state index contributed by atoms with van der Waals surface area (Å²) in [7, 11) is -1.47. The molecule has 0 heterocycles. The maximum atomic E-state index is 12.2. The molecule has 0 saturated heterocycles. The van der Waals surface area contributed by atoms with Gasteiger partial charge in [-0.1, -0.05) is 34.6 Å². The van der Waals surface area contributed by atoms with Gasteiger partial charge in [0.15, 0.2) is 8.32 Å². The smallest absolute Gasteiger partial charge is 0.191 e. The lowest BCUT2D eigenvalue weighted by Gasteiger charge is -2.38. The molecule has 5 atom stereocenters. The molecule has 0 aliphatic heterocycles. The van der Waals surface area contributed by atoms with E-state index in [4.69, 9.17) is 4.43 Å². The average Bonchev–Trinajstić information content (AvgIpc) is 2.99. The van der Waals surface area contributed by atoms with Crippen LogP contribution in [-0.2, 0) is 9.22 Å². The van der Waals surface area contributed by atoms with E-state index >= 15 is 0 Å². The molecule has 3 heteroatoms. The summed E-state index contributed by atoms with van der Waals surface area (Å²) in [4.78, 5) is 12.2. The molecule has 0 N–H and O–H groups in total. The Morgan fingerprint density at radius 1 is 1.14 bits per heavy atom. The minimum absolute atomic E-state index is 0.377. The van der Waals surface area contributed by atoms with Gasteiger partial charge in [-0.15, -0.1) is 0 Å². The summed E-state index contributed by atoms with van der Waals surface area (Å²) >= 11 is 0. The van der Waals surface area contributed by atoms with Crippen LogP contribution >= 0.6 is 0 Å². The van der Waals surface area contributed by atoms with Crippen molar-refractivity contribution < 1.29 is 9.22 Å². The lowest BCUT2D eigenvalue weighted by atomic mass is 9.68. The maximum absolute atomic E-state index is 12.2. The molecule has 0 amide bonds. The Bertz CT molecular complexity index is 369. The van der Waals surface area contributed by atoms with Gasteiger partial charge in [-0.3, -0.25) is 4.79 Å². The maximum Gasteiger partial charge on any atom is 0.191 e. The molecule has 0 aromatic carbocycles. The van der Waals surface area contributed by atoms with Gasteiger partial charge in [-0.2, -0.15) is 0 Å². The Morgan fingerprint density at radius 2 is 1.77 bits per heavy atom. The minimum Gasteiger partial charge on any atom is -0.417 e. The standard InChI is InChI=1S/C19H36O2Si/c1-6-22(7-2,8-3)21-13-15(5)16-10-11-17-18(20)12-9-14(4)19(16)17/h14-17,19H,6-13H2,1-5H3/t14-,15-,16-,17-,19+/m0/s1. The summed E-state index contributed by atoms with van der Waals surface area (Å²) in [6, 6.07) is 3.70. The van der Waals surface area contributed by atoms with Crippen LogP contribution in [-0.4, -0.2) is 20.7 Å². The minimum atomic E-state index is -1.47. The third-order valence-electron chi connectivity index (χ3n) is 7.00. The van der Waals surface area contributed by atoms with Gasteiger partial charge in [0.2, 0.25) is 0 Å². The van der Waals surface area contributed by atoms with Gasteiger partial charge in [-0.05, 0) is 61.1 Å². The van der Waals surface area contributed by atoms with E-state index in [9.17, 15) is 4.79 Å². The molecule has 0 aromatic rings. The molecule has 2 saturated carbocycles. The number of fused-ring (bicyclic) bond motifs is 1. The van der Waals surface area contributed by atoms with Crippen LogP contribution in [0.15, 0.2) is 0 Å². The van der Waals surface area contributed by atoms with Crippen molar-refractivity contribution in [3.8, 4) is 0 Å². The average molecular weight is 325 g/mol. The van der Waals surface area contributed by atoms with Gasteiger partial charge in [-0.25, -0.2) is 0 Å². The molecule has 2 nitrogen and oxygen atoms in total. The van der Waals surface area contributed by atoms with Crippen LogP contribution in [0.1, 0.15) is 60.3 Å². The fraction of sp³-hybridized carbons (Fsp3) is 0.947. The fourth-order valence-corrected chi connectivity index (χ4v) is 7.88. The molecule has 2 aliphatic carbocycles. The van der Waals surface area contributed by atoms with E-state index in [1.807, 2.05) is 0 Å². The summed E-state index contributed by atoms with van der Waals surface area (Å²) in [6.07, 6.45) is 4.33. The molecule has 2 aliphatic rings. The van der Waals surface area contributed by atoms with Crippen LogP contribution < -0.4 is 0 Å². The second kappa shape index (κ2) is 7.61. The van der Waals surface area contributed by atoms with Gasteiger partial charge in [0.05, 0.1) is 0 Å². The molecule has 0 aromatic heterocycles. The van der Waals surface area contributed by atoms with Crippen molar-refractivity contribution in [2.75, 3.05) is 6.61 Å². The summed E-state index contributed by atoms with van der Waals surface area (Å²) in [5.74, 6) is 3.62. The zero-order chi connectivity index (χ0) is 16.3. The summed E-state index contributed by atoms with van der Waals surface area (Å²) in [5, 5.41) is 0. The fourth-order valence-electron chi connectivity index (χ4n) is 5.15. The molecule has 128 valence electrons. The first-order valence-corrected chi connectivity index (χ1v) is 12.2. The molecule has 0 bridgehead atoms. The Kier molecular flexibility index (Phi) is 6.29. The van der Waals surface area contributed by atoms with Gasteiger partial charge < -0.3 is 4.43 Å². The van der Waals surface area contributed by atoms with Crippen molar-refractivity contribution in [3.63, 3.8) is 0 Å². The number of ketones is 1. The van der Waals surface area contributed by atoms with E-state index in [1.54, 1.807) is 0 Å². The summed E-state index contributed by atoms with van der Waals surface area (Å²) in [5.41, 5.74) is 0. The van der Waals surface area contributed by atoms with Gasteiger partial charge >= 0.3 is 0 Å². The predicted octanol–water partition coefficient (Wildman–Crippen LogP) is 5.29. The molecule has 0 radical (unpaired) electrons. The molecule has 0 spiro atoms. The SMILES string of the molecule is CC[Si](CC)(CC)OC[C@H](C)[C@@H]1CC[C@H]2C(=O)CC[C@H](C)[C@H]12. The first-order chi connectivity index (χ1) is 10.5. The Hall–Kier alpha value is -0.153. The van der Waals surface area contributed by atoms with Gasteiger partial charge in [0, 0.05) is 18.9 Å². The quantitative estimate of drug-likeness (QED) is 0.595. The molecular weight excluding hydrogens is 288 g/mol. The lowest BCUT2D eigenvalue weighted by Crippen LogP contribution is -2.40. The Labute approximate surface area is 138 Å². The highest BCUT2D eigenvalue weighted by Gasteiger charge is 2.47. The third-order valence-corrected chi connectivity index (χ3v) is 11.6. The van der Waals surface area contributed by atoms with E-state index in [2.05, 4.69) is 34.6 Å². The van der Waals surface area contributed by atoms with Crippen LogP contribution in [0, 0.1) is 29.6 Å². The summed E-state index contributed by atoms with van der Waals surface area (Å²) in [6.45, 7) is 12.6. The normalized spacial score (nSPS) is 33.8. The van der Waals surface area contributed by atoms with Gasteiger partial charge in [0.25, 0.3) is 0 Å². The van der Waals surface area contributed by atoms with Crippen LogP contribution in [0.4, 0.5) is 0 Å². The largest absolute Gasteiger partial charge is 0.417 e. The van der Waals surface area contributed by atoms with Crippen molar-refractivity contribution in [2.45, 2.75) is 78.4 Å². The number of carbonyl (C=O) groups excluding carboxylic acids is 1. The number of Topliss-reactive ketones (excluding diaryl/α,β-unsaturated/α-hetero) is 1. The number of hydrogen-bond donors (Lipinski definition) is 0. The van der Waals surface area contributed by atoms with E-state index in [-0.39, 0.29) is 0 Å². The van der Waals surface area contributed by atoms with Crippen LogP contribution in [0.5, 0.6) is 0 Å². The highest BCUT2D eigenvalue weighted by Crippen LogP contribution is 2.50. The summed E-state index contributed by atoms with van der Waals surface area (Å²) < 4.78 is 6.55. The second-order valence-corrected chi connectivity index (χ2v) is 12.7. The van der Waals surface area contributed by atoms with Crippen molar-refractivity contribution in [3.05, 3.63) is 0 Å². The van der Waals surface area contributed by atoms with Crippen LogP contribution in [0.2, 0.25) is 18.1 Å². The topological polar surface area (TPSA) is 26.3 Å². The molecule has 0 unspecified atom stereocenters. The number of carbonyl (C=O) groups is 1. The van der Waals surface area contributed by atoms with E-state index < -0.39 is 8.32 Å². The molecule has 2 rings (SSSR count). The van der Waals surface area contributed by atoms with Crippen LogP contribution in [0.3, 0.4) is 0 Å². The molecular formula is C19H36O2Si. The lowest BCUT2D eigenvalue weighted by molar-refractivity contribution is -0.128. The van der Waals surface area contributed by atoms with E-state index in [0.717, 1.165) is 31.8 Å². The van der Waals surface area contributed by atoms with Crippen LogP contribution in [0.25, 0.3) is 0 Å². The zero-order valence-corrected chi connectivity index (χ0v) is 16.4. The Balaban J connectivity index is 1.98. The number of rotatable bonds is 7. The highest BCUT2D eigenvalue weighted by atomic mass is 28.4. The second-order valence-electron chi connectivity index (χ2n) is 7.94. The zero-order valence-electron chi connectivity index (χ0n) is 15.4. The van der Waals surface area contributed by atoms with E-state index in [0.29, 0.717) is 29.5 Å².